The Morgan fingerprint density at radius 1 is 1.30 bits per heavy atom. The molecule has 0 unspecified atom stereocenters. The summed E-state index contributed by atoms with van der Waals surface area (Å²) in [6, 6.07) is 4.71. The van der Waals surface area contributed by atoms with Gasteiger partial charge in [0.1, 0.15) is 5.75 Å². The van der Waals surface area contributed by atoms with Gasteiger partial charge in [0.25, 0.3) is 5.91 Å². The van der Waals surface area contributed by atoms with Crippen LogP contribution in [0.4, 0.5) is 0 Å². The number of hydrogen-bond donors (Lipinski definition) is 3. The van der Waals surface area contributed by atoms with Crippen LogP contribution in [0, 0.1) is 9.49 Å². The molecule has 1 rings (SSSR count). The van der Waals surface area contributed by atoms with Gasteiger partial charge in [0.15, 0.2) is 0 Å². The molecular weight excluding hydrogens is 371 g/mol. The van der Waals surface area contributed by atoms with Crippen molar-refractivity contribution in [2.45, 2.75) is 20.3 Å². The SMILES string of the molecule is CC(C)CNC(=O)CCNC(=O)c1ccc(I)c(O)c1. The van der Waals surface area contributed by atoms with Crippen molar-refractivity contribution in [3.63, 3.8) is 0 Å². The Hall–Kier alpha value is -1.31. The second kappa shape index (κ2) is 8.08. The molecule has 0 heterocycles. The maximum atomic E-state index is 11.8. The lowest BCUT2D eigenvalue weighted by atomic mass is 10.2. The van der Waals surface area contributed by atoms with Gasteiger partial charge in [-0.15, -0.1) is 0 Å². The summed E-state index contributed by atoms with van der Waals surface area (Å²) >= 11 is 1.98. The molecule has 0 spiro atoms. The van der Waals surface area contributed by atoms with E-state index in [9.17, 15) is 14.7 Å². The first kappa shape index (κ1) is 16.7. The summed E-state index contributed by atoms with van der Waals surface area (Å²) in [5, 5.41) is 15.0. The molecule has 20 heavy (non-hydrogen) atoms. The van der Waals surface area contributed by atoms with Gasteiger partial charge in [-0.3, -0.25) is 9.59 Å². The van der Waals surface area contributed by atoms with Gasteiger partial charge in [0, 0.05) is 25.1 Å². The summed E-state index contributed by atoms with van der Waals surface area (Å²) in [6.07, 6.45) is 0.245. The molecule has 0 saturated heterocycles. The molecule has 6 heteroatoms. The standard InChI is InChI=1S/C14H19IN2O3/c1-9(2)8-17-13(19)5-6-16-14(20)10-3-4-11(15)12(18)7-10/h3-4,7,9,18H,5-6,8H2,1-2H3,(H,16,20)(H,17,19). The largest absolute Gasteiger partial charge is 0.507 e. The molecule has 0 aliphatic rings. The van der Waals surface area contributed by atoms with Gasteiger partial charge >= 0.3 is 0 Å². The van der Waals surface area contributed by atoms with E-state index >= 15 is 0 Å². The number of aromatic hydroxyl groups is 1. The number of amides is 2. The molecule has 0 aliphatic heterocycles. The van der Waals surface area contributed by atoms with Gasteiger partial charge in [0.2, 0.25) is 5.91 Å². The van der Waals surface area contributed by atoms with E-state index < -0.39 is 0 Å². The molecule has 0 bridgehead atoms. The number of hydrogen-bond acceptors (Lipinski definition) is 3. The van der Waals surface area contributed by atoms with Crippen LogP contribution in [-0.4, -0.2) is 30.0 Å². The zero-order valence-electron chi connectivity index (χ0n) is 11.6. The minimum absolute atomic E-state index is 0.0768. The summed E-state index contributed by atoms with van der Waals surface area (Å²) in [7, 11) is 0. The van der Waals surface area contributed by atoms with E-state index in [-0.39, 0.29) is 30.5 Å². The minimum Gasteiger partial charge on any atom is -0.507 e. The van der Waals surface area contributed by atoms with Crippen molar-refractivity contribution in [3.8, 4) is 5.75 Å². The average molecular weight is 390 g/mol. The van der Waals surface area contributed by atoms with Crippen LogP contribution in [0.3, 0.4) is 0 Å². The Balaban J connectivity index is 2.36. The first-order valence-corrected chi connectivity index (χ1v) is 7.51. The van der Waals surface area contributed by atoms with Crippen molar-refractivity contribution in [1.29, 1.82) is 0 Å². The van der Waals surface area contributed by atoms with Gasteiger partial charge in [0.05, 0.1) is 3.57 Å². The Morgan fingerprint density at radius 3 is 2.60 bits per heavy atom. The summed E-state index contributed by atoms with van der Waals surface area (Å²) in [5.74, 6) is 0.106. The smallest absolute Gasteiger partial charge is 0.251 e. The van der Waals surface area contributed by atoms with Crippen LogP contribution in [0.25, 0.3) is 0 Å². The van der Waals surface area contributed by atoms with Crippen LogP contribution in [0.2, 0.25) is 0 Å². The Labute approximate surface area is 132 Å². The Bertz CT molecular complexity index is 489. The van der Waals surface area contributed by atoms with Crippen molar-refractivity contribution in [2.24, 2.45) is 5.92 Å². The fraction of sp³-hybridized carbons (Fsp3) is 0.429. The fourth-order valence-electron chi connectivity index (χ4n) is 1.45. The molecule has 110 valence electrons. The Kier molecular flexibility index (Phi) is 6.77. The van der Waals surface area contributed by atoms with E-state index in [1.165, 1.54) is 6.07 Å². The summed E-state index contributed by atoms with van der Waals surface area (Å²) in [6.45, 7) is 4.95. The molecule has 0 fully saturated rings. The number of rotatable bonds is 6. The van der Waals surface area contributed by atoms with Crippen LogP contribution in [-0.2, 0) is 4.79 Å². The van der Waals surface area contributed by atoms with Crippen LogP contribution < -0.4 is 10.6 Å². The Morgan fingerprint density at radius 2 is 2.00 bits per heavy atom. The number of carbonyl (C=O) groups is 2. The van der Waals surface area contributed by atoms with E-state index in [1.807, 2.05) is 36.4 Å². The van der Waals surface area contributed by atoms with Crippen molar-refractivity contribution >= 4 is 34.4 Å². The normalized spacial score (nSPS) is 10.4. The highest BCUT2D eigenvalue weighted by Crippen LogP contribution is 2.20. The maximum Gasteiger partial charge on any atom is 0.251 e. The third-order valence-electron chi connectivity index (χ3n) is 2.55. The maximum absolute atomic E-state index is 11.8. The van der Waals surface area contributed by atoms with E-state index in [2.05, 4.69) is 10.6 Å². The van der Waals surface area contributed by atoms with E-state index in [0.717, 1.165) is 0 Å². The molecule has 0 saturated carbocycles. The molecule has 0 aliphatic carbocycles. The van der Waals surface area contributed by atoms with Crippen LogP contribution in [0.1, 0.15) is 30.6 Å². The predicted molar refractivity (Wildman–Crippen MR) is 85.6 cm³/mol. The fourth-order valence-corrected chi connectivity index (χ4v) is 1.79. The molecule has 0 aromatic heterocycles. The predicted octanol–water partition coefficient (Wildman–Crippen LogP) is 1.89. The lowest BCUT2D eigenvalue weighted by Gasteiger charge is -2.08. The van der Waals surface area contributed by atoms with Crippen molar-refractivity contribution in [1.82, 2.24) is 10.6 Å². The number of carbonyl (C=O) groups excluding carboxylic acids is 2. The summed E-state index contributed by atoms with van der Waals surface area (Å²) in [5.41, 5.74) is 0.380. The van der Waals surface area contributed by atoms with Gasteiger partial charge in [-0.05, 0) is 46.7 Å². The van der Waals surface area contributed by atoms with Crippen LogP contribution in [0.5, 0.6) is 5.75 Å². The zero-order chi connectivity index (χ0) is 15.1. The highest BCUT2D eigenvalue weighted by Gasteiger charge is 2.09. The molecule has 3 N–H and O–H groups in total. The van der Waals surface area contributed by atoms with Gasteiger partial charge in [-0.25, -0.2) is 0 Å². The second-order valence-corrected chi connectivity index (χ2v) is 6.03. The highest BCUT2D eigenvalue weighted by molar-refractivity contribution is 14.1. The molecule has 0 atom stereocenters. The van der Waals surface area contributed by atoms with E-state index in [1.54, 1.807) is 12.1 Å². The molecule has 1 aromatic carbocycles. The molecule has 2 amide bonds. The summed E-state index contributed by atoms with van der Waals surface area (Å²) < 4.78 is 0.687. The second-order valence-electron chi connectivity index (χ2n) is 4.87. The quantitative estimate of drug-likeness (QED) is 0.650. The number of phenolic OH excluding ortho intramolecular Hbond substituents is 1. The zero-order valence-corrected chi connectivity index (χ0v) is 13.7. The van der Waals surface area contributed by atoms with Gasteiger partial charge in [-0.1, -0.05) is 13.8 Å². The minimum atomic E-state index is -0.298. The van der Waals surface area contributed by atoms with E-state index in [0.29, 0.717) is 21.6 Å². The van der Waals surface area contributed by atoms with Crippen LogP contribution in [0.15, 0.2) is 18.2 Å². The monoisotopic (exact) mass is 390 g/mol. The van der Waals surface area contributed by atoms with Crippen molar-refractivity contribution in [2.75, 3.05) is 13.1 Å². The van der Waals surface area contributed by atoms with Crippen molar-refractivity contribution in [3.05, 3.63) is 27.3 Å². The number of halogens is 1. The lowest BCUT2D eigenvalue weighted by molar-refractivity contribution is -0.121. The van der Waals surface area contributed by atoms with E-state index in [4.69, 9.17) is 0 Å². The topological polar surface area (TPSA) is 78.4 Å². The van der Waals surface area contributed by atoms with Crippen molar-refractivity contribution < 1.29 is 14.7 Å². The number of nitrogens with one attached hydrogen (secondary N) is 2. The molecular formula is C14H19IN2O3. The van der Waals surface area contributed by atoms with Crippen LogP contribution >= 0.6 is 22.6 Å². The average Bonchev–Trinajstić information content (AvgIpc) is 2.39. The number of benzene rings is 1. The third kappa shape index (κ3) is 5.77. The lowest BCUT2D eigenvalue weighted by Crippen LogP contribution is -2.32. The first-order valence-electron chi connectivity index (χ1n) is 6.43. The van der Waals surface area contributed by atoms with Gasteiger partial charge < -0.3 is 15.7 Å². The van der Waals surface area contributed by atoms with Gasteiger partial charge in [-0.2, -0.15) is 0 Å². The first-order chi connectivity index (χ1) is 9.40. The molecule has 1 aromatic rings. The number of phenols is 1. The summed E-state index contributed by atoms with van der Waals surface area (Å²) in [4.78, 5) is 23.3. The molecule has 5 nitrogen and oxygen atoms in total. The third-order valence-corrected chi connectivity index (χ3v) is 3.47. The highest BCUT2D eigenvalue weighted by atomic mass is 127. The molecule has 0 radical (unpaired) electrons.